The van der Waals surface area contributed by atoms with E-state index in [0.717, 1.165) is 12.1 Å². The van der Waals surface area contributed by atoms with Crippen LogP contribution in [0, 0.1) is 21.7 Å². The topological polar surface area (TPSA) is 73.0 Å². The molecule has 2 aromatic rings. The fourth-order valence-corrected chi connectivity index (χ4v) is 1.61. The summed E-state index contributed by atoms with van der Waals surface area (Å²) >= 11 is 0. The molecule has 100 valence electrons. The van der Waals surface area contributed by atoms with Crippen molar-refractivity contribution >= 4 is 11.4 Å². The second-order valence-electron chi connectivity index (χ2n) is 3.89. The minimum atomic E-state index is -1.27. The van der Waals surface area contributed by atoms with Crippen LogP contribution in [0.5, 0.6) is 0 Å². The number of rotatable bonds is 4. The predicted molar refractivity (Wildman–Crippen MR) is 63.5 cm³/mol. The summed E-state index contributed by atoms with van der Waals surface area (Å²) in [5, 5.41) is 17.2. The van der Waals surface area contributed by atoms with Crippen LogP contribution in [-0.4, -0.2) is 14.7 Å². The summed E-state index contributed by atoms with van der Waals surface area (Å²) in [5.74, 6) is -2.41. The third-order valence-corrected chi connectivity index (χ3v) is 2.50. The Hall–Kier alpha value is -2.51. The molecule has 6 nitrogen and oxygen atoms in total. The lowest BCUT2D eigenvalue weighted by Gasteiger charge is -2.07. The van der Waals surface area contributed by atoms with Crippen molar-refractivity contribution in [3.63, 3.8) is 0 Å². The number of halogens is 2. The molecule has 8 heteroatoms. The average Bonchev–Trinajstić information content (AvgIpc) is 2.76. The molecule has 0 saturated carbocycles. The minimum absolute atomic E-state index is 0.106. The highest BCUT2D eigenvalue weighted by Gasteiger charge is 2.21. The van der Waals surface area contributed by atoms with Crippen LogP contribution in [0.25, 0.3) is 0 Å². The van der Waals surface area contributed by atoms with Crippen molar-refractivity contribution in [2.75, 3.05) is 5.32 Å². The number of aryl methyl sites for hydroxylation is 1. The molecule has 1 heterocycles. The van der Waals surface area contributed by atoms with E-state index in [1.807, 2.05) is 0 Å². The van der Waals surface area contributed by atoms with Crippen LogP contribution in [0.15, 0.2) is 24.5 Å². The molecule has 0 atom stereocenters. The summed E-state index contributed by atoms with van der Waals surface area (Å²) in [6.45, 7) is 0.106. The fraction of sp³-hybridized carbons (Fsp3) is 0.182. The van der Waals surface area contributed by atoms with Crippen molar-refractivity contribution in [2.45, 2.75) is 6.54 Å². The van der Waals surface area contributed by atoms with Crippen molar-refractivity contribution in [2.24, 2.45) is 7.05 Å². The lowest BCUT2D eigenvalue weighted by Crippen LogP contribution is -2.06. The molecule has 0 aliphatic heterocycles. The second kappa shape index (κ2) is 5.01. The van der Waals surface area contributed by atoms with Crippen LogP contribution < -0.4 is 5.32 Å². The highest BCUT2D eigenvalue weighted by atomic mass is 19.2. The van der Waals surface area contributed by atoms with Crippen LogP contribution in [0.2, 0.25) is 0 Å². The van der Waals surface area contributed by atoms with Gasteiger partial charge in [0.05, 0.1) is 11.1 Å². The summed E-state index contributed by atoms with van der Waals surface area (Å²) in [6, 6.07) is 1.65. The highest BCUT2D eigenvalue weighted by molar-refractivity contribution is 5.62. The zero-order valence-electron chi connectivity index (χ0n) is 9.93. The van der Waals surface area contributed by atoms with Crippen molar-refractivity contribution in [1.82, 2.24) is 9.78 Å². The number of nitro benzene ring substituents is 1. The molecule has 2 rings (SSSR count). The van der Waals surface area contributed by atoms with Crippen LogP contribution in [0.4, 0.5) is 20.2 Å². The molecule has 1 aromatic heterocycles. The van der Waals surface area contributed by atoms with Crippen LogP contribution in [0.3, 0.4) is 0 Å². The lowest BCUT2D eigenvalue weighted by molar-refractivity contribution is -0.384. The van der Waals surface area contributed by atoms with Crippen molar-refractivity contribution < 1.29 is 13.7 Å². The van der Waals surface area contributed by atoms with Gasteiger partial charge in [0, 0.05) is 31.4 Å². The van der Waals surface area contributed by atoms with E-state index in [-0.39, 0.29) is 6.54 Å². The SMILES string of the molecule is Cn1cc(CNc2c([N+](=O)[O-])ccc(F)c2F)cn1. The maximum atomic E-state index is 13.6. The van der Waals surface area contributed by atoms with Gasteiger partial charge in [-0.05, 0) is 6.07 Å². The molecule has 0 radical (unpaired) electrons. The molecule has 0 amide bonds. The number of anilines is 1. The molecular weight excluding hydrogens is 258 g/mol. The van der Waals surface area contributed by atoms with E-state index in [2.05, 4.69) is 10.4 Å². The predicted octanol–water partition coefficient (Wildman–Crippen LogP) is 2.22. The Balaban J connectivity index is 2.28. The van der Waals surface area contributed by atoms with E-state index >= 15 is 0 Å². The normalized spacial score (nSPS) is 10.5. The number of hydrogen-bond donors (Lipinski definition) is 1. The molecule has 19 heavy (non-hydrogen) atoms. The number of hydrogen-bond acceptors (Lipinski definition) is 4. The van der Waals surface area contributed by atoms with Gasteiger partial charge in [-0.3, -0.25) is 14.8 Å². The maximum absolute atomic E-state index is 13.6. The third kappa shape index (κ3) is 2.67. The fourth-order valence-electron chi connectivity index (χ4n) is 1.61. The van der Waals surface area contributed by atoms with Gasteiger partial charge in [-0.2, -0.15) is 5.10 Å². The van der Waals surface area contributed by atoms with Gasteiger partial charge in [0.25, 0.3) is 5.69 Å². The molecule has 0 aliphatic rings. The van der Waals surface area contributed by atoms with Gasteiger partial charge >= 0.3 is 0 Å². The highest BCUT2D eigenvalue weighted by Crippen LogP contribution is 2.29. The van der Waals surface area contributed by atoms with Gasteiger partial charge < -0.3 is 5.32 Å². The van der Waals surface area contributed by atoms with Gasteiger partial charge in [0.1, 0.15) is 0 Å². The standard InChI is InChI=1S/C11H10F2N4O2/c1-16-6-7(5-15-16)4-14-11-9(17(18)19)3-2-8(12)10(11)13/h2-3,5-6,14H,4H2,1H3. The molecule has 0 unspecified atom stereocenters. The van der Waals surface area contributed by atoms with E-state index in [1.54, 1.807) is 13.2 Å². The average molecular weight is 268 g/mol. The number of nitro groups is 1. The summed E-state index contributed by atoms with van der Waals surface area (Å²) < 4.78 is 28.2. The first kappa shape index (κ1) is 12.9. The van der Waals surface area contributed by atoms with Crippen molar-refractivity contribution in [3.8, 4) is 0 Å². The second-order valence-corrected chi connectivity index (χ2v) is 3.89. The molecule has 0 bridgehead atoms. The Bertz CT molecular complexity index is 627. The van der Waals surface area contributed by atoms with Gasteiger partial charge in [-0.25, -0.2) is 8.78 Å². The van der Waals surface area contributed by atoms with E-state index in [0.29, 0.717) is 5.56 Å². The van der Waals surface area contributed by atoms with Crippen LogP contribution in [-0.2, 0) is 13.6 Å². The van der Waals surface area contributed by atoms with E-state index in [9.17, 15) is 18.9 Å². The van der Waals surface area contributed by atoms with Crippen LogP contribution in [0.1, 0.15) is 5.56 Å². The summed E-state index contributed by atoms with van der Waals surface area (Å²) in [4.78, 5) is 9.99. The Morgan fingerprint density at radius 2 is 2.21 bits per heavy atom. The first-order valence-electron chi connectivity index (χ1n) is 5.33. The van der Waals surface area contributed by atoms with Crippen molar-refractivity contribution in [1.29, 1.82) is 0 Å². The summed E-state index contributed by atoms with van der Waals surface area (Å²) in [7, 11) is 1.70. The molecule has 1 aromatic carbocycles. The third-order valence-electron chi connectivity index (χ3n) is 2.50. The van der Waals surface area contributed by atoms with Crippen molar-refractivity contribution in [3.05, 3.63) is 51.8 Å². The number of nitrogens with zero attached hydrogens (tertiary/aromatic N) is 3. The molecule has 0 spiro atoms. The van der Waals surface area contributed by atoms with E-state index in [1.165, 1.54) is 10.9 Å². The monoisotopic (exact) mass is 268 g/mol. The molecular formula is C11H10F2N4O2. The molecule has 0 saturated heterocycles. The smallest absolute Gasteiger partial charge is 0.295 e. The zero-order chi connectivity index (χ0) is 14.0. The van der Waals surface area contributed by atoms with Gasteiger partial charge in [-0.15, -0.1) is 0 Å². The Kier molecular flexibility index (Phi) is 3.41. The Morgan fingerprint density at radius 1 is 1.47 bits per heavy atom. The first-order valence-corrected chi connectivity index (χ1v) is 5.33. The first-order chi connectivity index (χ1) is 8.99. The number of benzene rings is 1. The van der Waals surface area contributed by atoms with Gasteiger partial charge in [0.15, 0.2) is 17.3 Å². The summed E-state index contributed by atoms with van der Waals surface area (Å²) in [5.41, 5.74) is -0.280. The van der Waals surface area contributed by atoms with Crippen LogP contribution >= 0.6 is 0 Å². The summed E-state index contributed by atoms with van der Waals surface area (Å²) in [6.07, 6.45) is 3.19. The molecule has 1 N–H and O–H groups in total. The van der Waals surface area contributed by atoms with Gasteiger partial charge in [0.2, 0.25) is 0 Å². The minimum Gasteiger partial charge on any atom is -0.373 e. The largest absolute Gasteiger partial charge is 0.373 e. The van der Waals surface area contributed by atoms with Gasteiger partial charge in [-0.1, -0.05) is 0 Å². The Labute approximate surface area is 106 Å². The lowest BCUT2D eigenvalue weighted by atomic mass is 10.2. The maximum Gasteiger partial charge on any atom is 0.295 e. The zero-order valence-corrected chi connectivity index (χ0v) is 9.93. The number of nitrogens with one attached hydrogen (secondary N) is 1. The molecule has 0 aliphatic carbocycles. The van der Waals surface area contributed by atoms with E-state index < -0.39 is 27.9 Å². The molecule has 0 fully saturated rings. The number of aromatic nitrogens is 2. The van der Waals surface area contributed by atoms with E-state index in [4.69, 9.17) is 0 Å². The Morgan fingerprint density at radius 3 is 2.79 bits per heavy atom. The quantitative estimate of drug-likeness (QED) is 0.681.